The molecule has 1 heterocycles. The molecule has 0 spiro atoms. The van der Waals surface area contributed by atoms with Gasteiger partial charge in [0, 0.05) is 16.5 Å². The maximum Gasteiger partial charge on any atom is 0.119 e. The van der Waals surface area contributed by atoms with Crippen molar-refractivity contribution in [2.24, 2.45) is 0 Å². The van der Waals surface area contributed by atoms with Crippen LogP contribution in [0.3, 0.4) is 0 Å². The second-order valence-corrected chi connectivity index (χ2v) is 6.14. The van der Waals surface area contributed by atoms with Crippen LogP contribution in [-0.4, -0.2) is 10.1 Å². The van der Waals surface area contributed by atoms with Crippen molar-refractivity contribution in [3.63, 3.8) is 0 Å². The first kappa shape index (κ1) is 14.7. The molecule has 1 unspecified atom stereocenters. The Hall–Kier alpha value is -2.84. The molecule has 4 aromatic rings. The number of benzene rings is 3. The lowest BCUT2D eigenvalue weighted by Gasteiger charge is -2.13. The number of aromatic nitrogens is 1. The molecule has 0 bridgehead atoms. The summed E-state index contributed by atoms with van der Waals surface area (Å²) in [6.07, 6.45) is -0.686. The molecule has 0 saturated heterocycles. The average molecular weight is 313 g/mol. The van der Waals surface area contributed by atoms with Gasteiger partial charge in [0.25, 0.3) is 0 Å². The number of nitrogens with one attached hydrogen (secondary N) is 1. The molecule has 0 saturated carbocycles. The van der Waals surface area contributed by atoms with Crippen molar-refractivity contribution in [1.29, 1.82) is 0 Å². The van der Waals surface area contributed by atoms with E-state index in [2.05, 4.69) is 42.2 Å². The Morgan fingerprint density at radius 3 is 2.21 bits per heavy atom. The van der Waals surface area contributed by atoms with Crippen LogP contribution in [0.5, 0.6) is 0 Å². The van der Waals surface area contributed by atoms with Crippen LogP contribution in [0.2, 0.25) is 0 Å². The van der Waals surface area contributed by atoms with E-state index in [1.165, 1.54) is 5.56 Å². The van der Waals surface area contributed by atoms with Crippen LogP contribution in [0.25, 0.3) is 22.0 Å². The summed E-state index contributed by atoms with van der Waals surface area (Å²) in [6, 6.07) is 26.4. The third kappa shape index (κ3) is 2.51. The van der Waals surface area contributed by atoms with E-state index >= 15 is 0 Å². The normalized spacial score (nSPS) is 12.4. The van der Waals surface area contributed by atoms with Crippen LogP contribution in [-0.2, 0) is 0 Å². The average Bonchev–Trinajstić information content (AvgIpc) is 3.01. The number of aryl methyl sites for hydroxylation is 1. The first-order valence-corrected chi connectivity index (χ1v) is 8.14. The Morgan fingerprint density at radius 1 is 0.833 bits per heavy atom. The Morgan fingerprint density at radius 2 is 1.50 bits per heavy atom. The topological polar surface area (TPSA) is 36.0 Å². The first-order chi connectivity index (χ1) is 11.7. The fourth-order valence-corrected chi connectivity index (χ4v) is 3.26. The van der Waals surface area contributed by atoms with Gasteiger partial charge in [-0.3, -0.25) is 0 Å². The number of hydrogen-bond donors (Lipinski definition) is 2. The molecule has 0 radical (unpaired) electrons. The van der Waals surface area contributed by atoms with Gasteiger partial charge in [-0.05, 0) is 29.7 Å². The molecule has 24 heavy (non-hydrogen) atoms. The highest BCUT2D eigenvalue weighted by Crippen LogP contribution is 2.37. The Labute approximate surface area is 141 Å². The summed E-state index contributed by atoms with van der Waals surface area (Å²) in [7, 11) is 0. The number of H-pyrrole nitrogens is 1. The van der Waals surface area contributed by atoms with E-state index in [-0.39, 0.29) is 0 Å². The van der Waals surface area contributed by atoms with Crippen LogP contribution < -0.4 is 0 Å². The lowest BCUT2D eigenvalue weighted by molar-refractivity contribution is 0.217. The lowest BCUT2D eigenvalue weighted by atomic mass is 9.96. The molecular weight excluding hydrogens is 294 g/mol. The highest BCUT2D eigenvalue weighted by molar-refractivity contribution is 5.98. The SMILES string of the molecule is Cc1ccc2c(-c3ccccc3)c(C(O)c3ccccc3)[nH]c2c1. The molecule has 0 aliphatic carbocycles. The van der Waals surface area contributed by atoms with Gasteiger partial charge in [0.1, 0.15) is 6.10 Å². The van der Waals surface area contributed by atoms with Gasteiger partial charge in [0.2, 0.25) is 0 Å². The van der Waals surface area contributed by atoms with Gasteiger partial charge in [-0.1, -0.05) is 72.8 Å². The van der Waals surface area contributed by atoms with Gasteiger partial charge in [0.15, 0.2) is 0 Å². The third-order valence-corrected chi connectivity index (χ3v) is 4.43. The molecule has 4 rings (SSSR count). The Balaban J connectivity index is 1.97. The zero-order valence-electron chi connectivity index (χ0n) is 13.5. The first-order valence-electron chi connectivity index (χ1n) is 8.14. The monoisotopic (exact) mass is 313 g/mol. The molecule has 3 aromatic carbocycles. The summed E-state index contributed by atoms with van der Waals surface area (Å²) in [6.45, 7) is 2.08. The van der Waals surface area contributed by atoms with E-state index in [1.54, 1.807) is 0 Å². The van der Waals surface area contributed by atoms with E-state index in [0.29, 0.717) is 0 Å². The molecule has 2 nitrogen and oxygen atoms in total. The van der Waals surface area contributed by atoms with Crippen molar-refractivity contribution in [2.75, 3.05) is 0 Å². The number of fused-ring (bicyclic) bond motifs is 1. The van der Waals surface area contributed by atoms with Crippen LogP contribution in [0.1, 0.15) is 22.9 Å². The smallest absolute Gasteiger partial charge is 0.119 e. The van der Waals surface area contributed by atoms with Crippen molar-refractivity contribution in [3.8, 4) is 11.1 Å². The van der Waals surface area contributed by atoms with Crippen LogP contribution in [0.15, 0.2) is 78.9 Å². The highest BCUT2D eigenvalue weighted by atomic mass is 16.3. The molecule has 1 atom stereocenters. The molecule has 0 amide bonds. The summed E-state index contributed by atoms with van der Waals surface area (Å²) < 4.78 is 0. The second-order valence-electron chi connectivity index (χ2n) is 6.14. The molecule has 2 N–H and O–H groups in total. The van der Waals surface area contributed by atoms with Gasteiger partial charge < -0.3 is 10.1 Å². The molecule has 0 aliphatic heterocycles. The molecular formula is C22H19NO. The van der Waals surface area contributed by atoms with E-state index in [0.717, 1.165) is 33.3 Å². The van der Waals surface area contributed by atoms with Gasteiger partial charge in [-0.15, -0.1) is 0 Å². The predicted molar refractivity (Wildman–Crippen MR) is 99.0 cm³/mol. The highest BCUT2D eigenvalue weighted by Gasteiger charge is 2.20. The summed E-state index contributed by atoms with van der Waals surface area (Å²) in [5.74, 6) is 0. The second kappa shape index (κ2) is 5.99. The van der Waals surface area contributed by atoms with Crippen molar-refractivity contribution >= 4 is 10.9 Å². The van der Waals surface area contributed by atoms with Gasteiger partial charge in [-0.2, -0.15) is 0 Å². The number of hydrogen-bond acceptors (Lipinski definition) is 1. The standard InChI is InChI=1S/C22H19NO/c1-15-12-13-18-19(14-15)23-21(20(18)16-8-4-2-5-9-16)22(24)17-10-6-3-7-11-17/h2-14,22-24H,1H3. The van der Waals surface area contributed by atoms with Gasteiger partial charge in [0.05, 0.1) is 5.69 Å². The minimum Gasteiger partial charge on any atom is -0.382 e. The quantitative estimate of drug-likeness (QED) is 0.534. The molecule has 0 aliphatic rings. The van der Waals surface area contributed by atoms with Crippen molar-refractivity contribution in [2.45, 2.75) is 13.0 Å². The molecule has 1 aromatic heterocycles. The van der Waals surface area contributed by atoms with Crippen LogP contribution in [0.4, 0.5) is 0 Å². The van der Waals surface area contributed by atoms with Gasteiger partial charge in [-0.25, -0.2) is 0 Å². The maximum absolute atomic E-state index is 11.0. The van der Waals surface area contributed by atoms with E-state index in [1.807, 2.05) is 48.5 Å². The van der Waals surface area contributed by atoms with Gasteiger partial charge >= 0.3 is 0 Å². The van der Waals surface area contributed by atoms with Crippen molar-refractivity contribution in [1.82, 2.24) is 4.98 Å². The van der Waals surface area contributed by atoms with E-state index in [4.69, 9.17) is 0 Å². The minimum atomic E-state index is -0.686. The third-order valence-electron chi connectivity index (χ3n) is 4.43. The largest absolute Gasteiger partial charge is 0.382 e. The Bertz CT molecular complexity index is 971. The van der Waals surface area contributed by atoms with Crippen LogP contribution >= 0.6 is 0 Å². The summed E-state index contributed by atoms with van der Waals surface area (Å²) in [5.41, 5.74) is 6.16. The summed E-state index contributed by atoms with van der Waals surface area (Å²) >= 11 is 0. The van der Waals surface area contributed by atoms with E-state index < -0.39 is 6.10 Å². The number of rotatable bonds is 3. The number of aromatic amines is 1. The fourth-order valence-electron chi connectivity index (χ4n) is 3.26. The van der Waals surface area contributed by atoms with Crippen LogP contribution in [0, 0.1) is 6.92 Å². The minimum absolute atomic E-state index is 0.686. The number of aliphatic hydroxyl groups is 1. The predicted octanol–water partition coefficient (Wildman–Crippen LogP) is 5.23. The van der Waals surface area contributed by atoms with Crippen molar-refractivity contribution in [3.05, 3.63) is 95.7 Å². The number of aliphatic hydroxyl groups excluding tert-OH is 1. The summed E-state index contributed by atoms with van der Waals surface area (Å²) in [4.78, 5) is 3.45. The molecule has 0 fully saturated rings. The maximum atomic E-state index is 11.0. The van der Waals surface area contributed by atoms with Crippen molar-refractivity contribution < 1.29 is 5.11 Å². The fraction of sp³-hybridized carbons (Fsp3) is 0.0909. The molecule has 2 heteroatoms. The van der Waals surface area contributed by atoms with E-state index in [9.17, 15) is 5.11 Å². The zero-order valence-corrected chi connectivity index (χ0v) is 13.5. The zero-order chi connectivity index (χ0) is 16.5. The lowest BCUT2D eigenvalue weighted by Crippen LogP contribution is -2.01. The molecule has 118 valence electrons. The summed E-state index contributed by atoms with van der Waals surface area (Å²) in [5, 5.41) is 12.1. The Kier molecular flexibility index (Phi) is 3.68.